The highest BCUT2D eigenvalue weighted by atomic mass is 16.5. The summed E-state index contributed by atoms with van der Waals surface area (Å²) >= 11 is 0. The zero-order valence-electron chi connectivity index (χ0n) is 12.4. The first-order valence-corrected chi connectivity index (χ1v) is 7.13. The molecule has 0 radical (unpaired) electrons. The monoisotopic (exact) mass is 280 g/mol. The Hall–Kier alpha value is -1.13. The van der Waals surface area contributed by atoms with E-state index in [1.807, 2.05) is 19.9 Å². The number of fused-ring (bicyclic) bond motifs is 1. The molecule has 0 amide bonds. The van der Waals surface area contributed by atoms with Crippen molar-refractivity contribution in [2.45, 2.75) is 44.8 Å². The summed E-state index contributed by atoms with van der Waals surface area (Å²) in [6.45, 7) is 7.60. The molecule has 1 saturated carbocycles. The molecule has 0 aliphatic heterocycles. The summed E-state index contributed by atoms with van der Waals surface area (Å²) in [4.78, 5) is 11.7. The number of aliphatic hydroxyl groups excluding tert-OH is 1. The summed E-state index contributed by atoms with van der Waals surface area (Å²) in [6.07, 6.45) is 3.35. The van der Waals surface area contributed by atoms with Crippen LogP contribution in [0.15, 0.2) is 23.8 Å². The van der Waals surface area contributed by atoms with Crippen LogP contribution in [0.1, 0.15) is 33.1 Å². The number of methoxy groups -OCH3 is 1. The summed E-state index contributed by atoms with van der Waals surface area (Å²) in [6, 6.07) is 0. The molecule has 0 spiro atoms. The number of carbonyl (C=O) groups is 1. The van der Waals surface area contributed by atoms with E-state index in [2.05, 4.69) is 6.58 Å². The highest BCUT2D eigenvalue weighted by Gasteiger charge is 2.48. The zero-order chi connectivity index (χ0) is 15.1. The van der Waals surface area contributed by atoms with Crippen molar-refractivity contribution in [1.29, 1.82) is 0 Å². The minimum Gasteiger partial charge on any atom is -0.466 e. The van der Waals surface area contributed by atoms with Crippen molar-refractivity contribution < 1.29 is 19.7 Å². The molecule has 0 unspecified atom stereocenters. The topological polar surface area (TPSA) is 66.8 Å². The molecule has 2 aliphatic carbocycles. The van der Waals surface area contributed by atoms with Gasteiger partial charge in [0.15, 0.2) is 0 Å². The van der Waals surface area contributed by atoms with Crippen molar-refractivity contribution >= 4 is 5.97 Å². The lowest BCUT2D eigenvalue weighted by molar-refractivity contribution is -0.138. The van der Waals surface area contributed by atoms with Gasteiger partial charge in [-0.15, -0.1) is 0 Å². The standard InChI is InChI=1S/C16H24O4/c1-9-7-12-11(10(2)15(18)20-4)5-6-16(3,19)13(12)8-14(9)17/h7,11-14,17,19H,2,5-6,8H2,1,3-4H3/t11-,12+,13-,14-,16-/m0/s1. The SMILES string of the molecule is C=C(C(=O)OC)[C@@H]1CC[C@](C)(O)[C@H]2C[C@H](O)C(C)=C[C@H]12. The normalized spacial score (nSPS) is 40.5. The first kappa shape index (κ1) is 15.3. The Kier molecular flexibility index (Phi) is 4.07. The van der Waals surface area contributed by atoms with Crippen LogP contribution in [0.25, 0.3) is 0 Å². The predicted molar refractivity (Wildman–Crippen MR) is 75.9 cm³/mol. The van der Waals surface area contributed by atoms with Crippen LogP contribution in [0.3, 0.4) is 0 Å². The number of hydrogen-bond acceptors (Lipinski definition) is 4. The summed E-state index contributed by atoms with van der Waals surface area (Å²) in [5.41, 5.74) is 0.570. The van der Waals surface area contributed by atoms with Crippen molar-refractivity contribution in [2.75, 3.05) is 7.11 Å². The van der Waals surface area contributed by atoms with E-state index in [9.17, 15) is 15.0 Å². The van der Waals surface area contributed by atoms with E-state index in [4.69, 9.17) is 4.74 Å². The number of esters is 1. The molecule has 0 aromatic rings. The quantitative estimate of drug-likeness (QED) is 0.460. The molecule has 4 heteroatoms. The van der Waals surface area contributed by atoms with E-state index in [1.165, 1.54) is 7.11 Å². The van der Waals surface area contributed by atoms with Crippen LogP contribution >= 0.6 is 0 Å². The lowest BCUT2D eigenvalue weighted by Crippen LogP contribution is -2.50. The van der Waals surface area contributed by atoms with Crippen LogP contribution in [0, 0.1) is 17.8 Å². The van der Waals surface area contributed by atoms with Crippen molar-refractivity contribution in [1.82, 2.24) is 0 Å². The third-order valence-corrected chi connectivity index (χ3v) is 5.04. The number of hydrogen-bond donors (Lipinski definition) is 2. The van der Waals surface area contributed by atoms with Crippen molar-refractivity contribution in [2.24, 2.45) is 17.8 Å². The predicted octanol–water partition coefficient (Wildman–Crippen LogP) is 1.82. The average Bonchev–Trinajstić information content (AvgIpc) is 2.39. The van der Waals surface area contributed by atoms with Gasteiger partial charge in [-0.3, -0.25) is 0 Å². The number of aliphatic hydroxyl groups is 2. The Morgan fingerprint density at radius 1 is 1.55 bits per heavy atom. The molecule has 2 aliphatic rings. The average molecular weight is 280 g/mol. The molecular formula is C16H24O4. The van der Waals surface area contributed by atoms with Gasteiger partial charge < -0.3 is 14.9 Å². The van der Waals surface area contributed by atoms with Crippen molar-refractivity contribution in [3.05, 3.63) is 23.8 Å². The molecule has 4 nitrogen and oxygen atoms in total. The maximum Gasteiger partial charge on any atom is 0.333 e. The molecule has 20 heavy (non-hydrogen) atoms. The van der Waals surface area contributed by atoms with E-state index >= 15 is 0 Å². The highest BCUT2D eigenvalue weighted by molar-refractivity contribution is 5.88. The van der Waals surface area contributed by atoms with Crippen LogP contribution in [-0.4, -0.2) is 35.0 Å². The second kappa shape index (κ2) is 5.34. The number of carbonyl (C=O) groups excluding carboxylic acids is 1. The van der Waals surface area contributed by atoms with Crippen molar-refractivity contribution in [3.8, 4) is 0 Å². The minimum atomic E-state index is -0.810. The maximum absolute atomic E-state index is 11.7. The first-order valence-electron chi connectivity index (χ1n) is 7.13. The summed E-state index contributed by atoms with van der Waals surface area (Å²) < 4.78 is 4.77. The minimum absolute atomic E-state index is 0.0184. The second-order valence-electron chi connectivity index (χ2n) is 6.37. The summed E-state index contributed by atoms with van der Waals surface area (Å²) in [7, 11) is 1.36. The highest BCUT2D eigenvalue weighted by Crippen LogP contribution is 2.49. The largest absolute Gasteiger partial charge is 0.466 e. The molecule has 2 N–H and O–H groups in total. The Labute approximate surface area is 120 Å². The lowest BCUT2D eigenvalue weighted by Gasteiger charge is -2.49. The van der Waals surface area contributed by atoms with Gasteiger partial charge in [-0.05, 0) is 56.4 Å². The van der Waals surface area contributed by atoms with Gasteiger partial charge in [0.2, 0.25) is 0 Å². The smallest absolute Gasteiger partial charge is 0.333 e. The molecule has 0 aromatic heterocycles. The first-order chi connectivity index (χ1) is 9.27. The van der Waals surface area contributed by atoms with Crippen LogP contribution in [0.5, 0.6) is 0 Å². The van der Waals surface area contributed by atoms with Crippen LogP contribution in [-0.2, 0) is 9.53 Å². The van der Waals surface area contributed by atoms with Gasteiger partial charge in [0.25, 0.3) is 0 Å². The van der Waals surface area contributed by atoms with E-state index in [0.717, 1.165) is 5.57 Å². The third-order valence-electron chi connectivity index (χ3n) is 5.04. The number of rotatable bonds is 2. The fraction of sp³-hybridized carbons (Fsp3) is 0.688. The van der Waals surface area contributed by atoms with Crippen LogP contribution in [0.2, 0.25) is 0 Å². The maximum atomic E-state index is 11.7. The zero-order valence-corrected chi connectivity index (χ0v) is 12.4. The Morgan fingerprint density at radius 2 is 2.20 bits per heavy atom. The molecule has 0 bridgehead atoms. The van der Waals surface area contributed by atoms with E-state index < -0.39 is 11.7 Å². The molecule has 0 aromatic carbocycles. The van der Waals surface area contributed by atoms with Crippen molar-refractivity contribution in [3.63, 3.8) is 0 Å². The Bertz CT molecular complexity index is 449. The molecule has 1 fully saturated rings. The fourth-order valence-electron chi connectivity index (χ4n) is 3.69. The van der Waals surface area contributed by atoms with Gasteiger partial charge in [-0.2, -0.15) is 0 Å². The number of allylic oxidation sites excluding steroid dienone is 1. The molecular weight excluding hydrogens is 256 g/mol. The molecule has 5 atom stereocenters. The van der Waals surface area contributed by atoms with Gasteiger partial charge in [0, 0.05) is 5.57 Å². The third kappa shape index (κ3) is 2.54. The second-order valence-corrected chi connectivity index (χ2v) is 6.37. The fourth-order valence-corrected chi connectivity index (χ4v) is 3.69. The molecule has 112 valence electrons. The van der Waals surface area contributed by atoms with Crippen LogP contribution in [0.4, 0.5) is 0 Å². The van der Waals surface area contributed by atoms with Gasteiger partial charge in [0.05, 0.1) is 18.8 Å². The van der Waals surface area contributed by atoms with Gasteiger partial charge in [0.1, 0.15) is 0 Å². The Balaban J connectivity index is 2.33. The summed E-state index contributed by atoms with van der Waals surface area (Å²) in [5.74, 6) is -0.419. The molecule has 2 rings (SSSR count). The van der Waals surface area contributed by atoms with Gasteiger partial charge in [-0.1, -0.05) is 12.7 Å². The summed E-state index contributed by atoms with van der Waals surface area (Å²) in [5, 5.41) is 20.6. The van der Waals surface area contributed by atoms with E-state index in [1.54, 1.807) is 0 Å². The number of ether oxygens (including phenoxy) is 1. The Morgan fingerprint density at radius 3 is 2.80 bits per heavy atom. The van der Waals surface area contributed by atoms with E-state index in [0.29, 0.717) is 24.8 Å². The molecule has 0 heterocycles. The lowest BCUT2D eigenvalue weighted by atomic mass is 9.59. The van der Waals surface area contributed by atoms with Crippen LogP contribution < -0.4 is 0 Å². The van der Waals surface area contributed by atoms with E-state index in [-0.39, 0.29) is 23.7 Å². The van der Waals surface area contributed by atoms with Gasteiger partial charge >= 0.3 is 5.97 Å². The van der Waals surface area contributed by atoms with Gasteiger partial charge in [-0.25, -0.2) is 4.79 Å². The molecule has 0 saturated heterocycles.